The lowest BCUT2D eigenvalue weighted by Crippen LogP contribution is -2.35. The number of nitrogens with one attached hydrogen (secondary N) is 1. The zero-order chi connectivity index (χ0) is 22.0. The molecule has 0 amide bonds. The SMILES string of the molecule is COc1ccc(-n2c(C3CC(F)(F)C3)nc3c(NC(C4CC4)C4CC4)nc(C)nc32)cc1. The Kier molecular flexibility index (Phi) is 4.42. The fourth-order valence-electron chi connectivity index (χ4n) is 4.98. The highest BCUT2D eigenvalue weighted by Gasteiger charge is 2.48. The maximum Gasteiger partial charge on any atom is 0.249 e. The molecule has 2 heterocycles. The maximum atomic E-state index is 13.8. The predicted molar refractivity (Wildman–Crippen MR) is 118 cm³/mol. The van der Waals surface area contributed by atoms with Crippen LogP contribution < -0.4 is 10.1 Å². The van der Waals surface area contributed by atoms with Crippen molar-refractivity contribution in [3.8, 4) is 11.4 Å². The topological polar surface area (TPSA) is 64.9 Å². The van der Waals surface area contributed by atoms with Crippen molar-refractivity contribution in [2.75, 3.05) is 12.4 Å². The summed E-state index contributed by atoms with van der Waals surface area (Å²) in [6.07, 6.45) is 4.64. The number of halogens is 2. The number of ether oxygens (including phenoxy) is 1. The van der Waals surface area contributed by atoms with Gasteiger partial charge in [0.1, 0.15) is 17.4 Å². The number of hydrogen-bond acceptors (Lipinski definition) is 5. The molecule has 0 unspecified atom stereocenters. The Hall–Kier alpha value is -2.77. The fourth-order valence-corrected chi connectivity index (χ4v) is 4.98. The molecule has 0 atom stereocenters. The summed E-state index contributed by atoms with van der Waals surface area (Å²) in [6, 6.07) is 7.98. The van der Waals surface area contributed by atoms with Crippen LogP contribution >= 0.6 is 0 Å². The summed E-state index contributed by atoms with van der Waals surface area (Å²) in [5.74, 6) is 1.20. The number of anilines is 1. The van der Waals surface area contributed by atoms with Crippen molar-refractivity contribution in [1.82, 2.24) is 19.5 Å². The highest BCUT2D eigenvalue weighted by molar-refractivity contribution is 5.85. The van der Waals surface area contributed by atoms with Gasteiger partial charge in [0.15, 0.2) is 17.0 Å². The molecule has 3 aliphatic carbocycles. The Bertz CT molecular complexity index is 1150. The Labute approximate surface area is 185 Å². The van der Waals surface area contributed by atoms with E-state index < -0.39 is 5.92 Å². The number of fused-ring (bicyclic) bond motifs is 1. The van der Waals surface area contributed by atoms with Crippen LogP contribution in [0, 0.1) is 18.8 Å². The Morgan fingerprint density at radius 2 is 1.69 bits per heavy atom. The van der Waals surface area contributed by atoms with Gasteiger partial charge in [0.05, 0.1) is 7.11 Å². The normalized spacial score (nSPS) is 20.5. The molecule has 8 heteroatoms. The van der Waals surface area contributed by atoms with E-state index in [0.717, 1.165) is 17.3 Å². The molecule has 1 N–H and O–H groups in total. The van der Waals surface area contributed by atoms with Gasteiger partial charge >= 0.3 is 0 Å². The zero-order valence-corrected chi connectivity index (χ0v) is 18.3. The molecule has 168 valence electrons. The van der Waals surface area contributed by atoms with Crippen LogP contribution in [0.1, 0.15) is 56.1 Å². The van der Waals surface area contributed by atoms with Crippen LogP contribution in [-0.2, 0) is 0 Å². The number of alkyl halides is 2. The molecule has 3 fully saturated rings. The molecule has 0 bridgehead atoms. The van der Waals surface area contributed by atoms with Gasteiger partial charge in [-0.1, -0.05) is 0 Å². The predicted octanol–water partition coefficient (Wildman–Crippen LogP) is 5.25. The van der Waals surface area contributed by atoms with Crippen molar-refractivity contribution in [3.05, 3.63) is 35.9 Å². The second-order valence-electron chi connectivity index (χ2n) is 9.60. The van der Waals surface area contributed by atoms with Crippen LogP contribution in [-0.4, -0.2) is 38.6 Å². The molecule has 0 aliphatic heterocycles. The fraction of sp³-hybridized carbons (Fsp3) is 0.542. The number of imidazole rings is 1. The van der Waals surface area contributed by atoms with Crippen molar-refractivity contribution >= 4 is 17.0 Å². The third kappa shape index (κ3) is 3.49. The van der Waals surface area contributed by atoms with Gasteiger partial charge in [0, 0.05) is 30.5 Å². The van der Waals surface area contributed by atoms with Crippen molar-refractivity contribution in [2.45, 2.75) is 63.3 Å². The Morgan fingerprint density at radius 1 is 1.03 bits per heavy atom. The molecule has 6 rings (SSSR count). The van der Waals surface area contributed by atoms with Gasteiger partial charge in [-0.25, -0.2) is 23.7 Å². The van der Waals surface area contributed by atoms with Crippen molar-refractivity contribution in [3.63, 3.8) is 0 Å². The standard InChI is InChI=1S/C24H27F2N5O/c1-13-27-21(29-19(14-3-4-14)15-5-6-15)20-23(28-13)31(17-7-9-18(32-2)10-8-17)22(30-20)16-11-24(25,26)12-16/h7-10,14-16,19H,3-6,11-12H2,1-2H3,(H,27,28,29). The van der Waals surface area contributed by atoms with Gasteiger partial charge in [-0.2, -0.15) is 0 Å². The van der Waals surface area contributed by atoms with Crippen molar-refractivity contribution in [2.24, 2.45) is 11.8 Å². The minimum absolute atomic E-state index is 0.186. The van der Waals surface area contributed by atoms with Gasteiger partial charge in [-0.15, -0.1) is 0 Å². The maximum absolute atomic E-state index is 13.8. The van der Waals surface area contributed by atoms with E-state index in [1.165, 1.54) is 25.7 Å². The van der Waals surface area contributed by atoms with E-state index in [1.807, 2.05) is 35.8 Å². The molecule has 3 saturated carbocycles. The quantitative estimate of drug-likeness (QED) is 0.545. The minimum Gasteiger partial charge on any atom is -0.497 e. The first kappa shape index (κ1) is 19.9. The first-order valence-electron chi connectivity index (χ1n) is 11.5. The summed E-state index contributed by atoms with van der Waals surface area (Å²) in [7, 11) is 1.62. The first-order valence-corrected chi connectivity index (χ1v) is 11.5. The van der Waals surface area contributed by atoms with E-state index in [-0.39, 0.29) is 18.8 Å². The number of aryl methyl sites for hydroxylation is 1. The summed E-state index contributed by atoms with van der Waals surface area (Å²) in [6.45, 7) is 1.87. The molecule has 0 radical (unpaired) electrons. The molecule has 0 spiro atoms. The summed E-state index contributed by atoms with van der Waals surface area (Å²) < 4.78 is 34.8. The minimum atomic E-state index is -2.63. The van der Waals surface area contributed by atoms with Gasteiger partial charge in [0.2, 0.25) is 5.92 Å². The van der Waals surface area contributed by atoms with Crippen LogP contribution in [0.5, 0.6) is 5.75 Å². The van der Waals surface area contributed by atoms with Gasteiger partial charge in [-0.05, 0) is 68.7 Å². The average molecular weight is 440 g/mol. The van der Waals surface area contributed by atoms with Gasteiger partial charge in [0.25, 0.3) is 0 Å². The van der Waals surface area contributed by atoms with E-state index in [4.69, 9.17) is 19.7 Å². The lowest BCUT2D eigenvalue weighted by molar-refractivity contribution is -0.0887. The molecule has 3 aliphatic rings. The summed E-state index contributed by atoms with van der Waals surface area (Å²) in [5.41, 5.74) is 2.17. The van der Waals surface area contributed by atoms with E-state index >= 15 is 0 Å². The Morgan fingerprint density at radius 3 is 2.25 bits per heavy atom. The molecule has 0 saturated heterocycles. The molecule has 3 aromatic rings. The van der Waals surface area contributed by atoms with E-state index in [0.29, 0.717) is 40.7 Å². The van der Waals surface area contributed by atoms with Gasteiger partial charge in [-0.3, -0.25) is 4.57 Å². The first-order chi connectivity index (χ1) is 15.4. The monoisotopic (exact) mass is 439 g/mol. The van der Waals surface area contributed by atoms with Gasteiger partial charge < -0.3 is 10.1 Å². The van der Waals surface area contributed by atoms with Crippen LogP contribution in [0.2, 0.25) is 0 Å². The second kappa shape index (κ2) is 7.12. The number of nitrogens with zero attached hydrogens (tertiary/aromatic N) is 4. The van der Waals surface area contributed by atoms with Crippen molar-refractivity contribution in [1.29, 1.82) is 0 Å². The van der Waals surface area contributed by atoms with Crippen LogP contribution in [0.25, 0.3) is 16.9 Å². The summed E-state index contributed by atoms with van der Waals surface area (Å²) in [4.78, 5) is 14.3. The summed E-state index contributed by atoms with van der Waals surface area (Å²) >= 11 is 0. The largest absolute Gasteiger partial charge is 0.497 e. The number of aromatic nitrogens is 4. The second-order valence-corrected chi connectivity index (χ2v) is 9.60. The zero-order valence-electron chi connectivity index (χ0n) is 18.3. The number of benzene rings is 1. The molecule has 2 aromatic heterocycles. The molecule has 32 heavy (non-hydrogen) atoms. The van der Waals surface area contributed by atoms with E-state index in [1.54, 1.807) is 7.11 Å². The smallest absolute Gasteiger partial charge is 0.249 e. The lowest BCUT2D eigenvalue weighted by Gasteiger charge is -2.34. The number of methoxy groups -OCH3 is 1. The molecular weight excluding hydrogens is 412 g/mol. The highest BCUT2D eigenvalue weighted by atomic mass is 19.3. The molecule has 1 aromatic carbocycles. The van der Waals surface area contributed by atoms with E-state index in [2.05, 4.69) is 5.32 Å². The third-order valence-electron chi connectivity index (χ3n) is 6.99. The lowest BCUT2D eigenvalue weighted by atomic mass is 9.80. The van der Waals surface area contributed by atoms with Crippen LogP contribution in [0.15, 0.2) is 24.3 Å². The van der Waals surface area contributed by atoms with Crippen LogP contribution in [0.3, 0.4) is 0 Å². The third-order valence-corrected chi connectivity index (χ3v) is 6.99. The average Bonchev–Trinajstić information content (AvgIpc) is 3.67. The van der Waals surface area contributed by atoms with Crippen LogP contribution in [0.4, 0.5) is 14.6 Å². The highest BCUT2D eigenvalue weighted by Crippen LogP contribution is 2.50. The van der Waals surface area contributed by atoms with E-state index in [9.17, 15) is 8.78 Å². The number of hydrogen-bond donors (Lipinski definition) is 1. The molecular formula is C24H27F2N5O. The molecule has 6 nitrogen and oxygen atoms in total. The number of rotatable bonds is 7. The Balaban J connectivity index is 1.48. The van der Waals surface area contributed by atoms with Crippen molar-refractivity contribution < 1.29 is 13.5 Å². The summed E-state index contributed by atoms with van der Waals surface area (Å²) in [5, 5.41) is 3.69.